The summed E-state index contributed by atoms with van der Waals surface area (Å²) in [4.78, 5) is 20.5. The first-order chi connectivity index (χ1) is 14.6. The molecule has 0 saturated heterocycles. The van der Waals surface area contributed by atoms with Gasteiger partial charge in [-0.15, -0.1) is 11.3 Å². The lowest BCUT2D eigenvalue weighted by Crippen LogP contribution is -2.38. The molecule has 3 aromatic rings. The lowest BCUT2D eigenvalue weighted by Gasteiger charge is -2.26. The van der Waals surface area contributed by atoms with Crippen molar-refractivity contribution in [2.24, 2.45) is 0 Å². The van der Waals surface area contributed by atoms with Crippen molar-refractivity contribution in [3.8, 4) is 22.1 Å². The monoisotopic (exact) mass is 423 g/mol. The topological polar surface area (TPSA) is 63.7 Å². The van der Waals surface area contributed by atoms with E-state index in [1.54, 1.807) is 25.6 Å². The van der Waals surface area contributed by atoms with Crippen LogP contribution in [-0.2, 0) is 19.4 Å². The molecule has 0 unspecified atom stereocenters. The molecule has 0 bridgehead atoms. The molecular weight excluding hydrogens is 398 g/mol. The maximum atomic E-state index is 12.7. The van der Waals surface area contributed by atoms with Crippen LogP contribution in [0.25, 0.3) is 10.6 Å². The highest BCUT2D eigenvalue weighted by Gasteiger charge is 2.25. The number of carbonyl (C=O) groups excluding carboxylic acids is 1. The van der Waals surface area contributed by atoms with E-state index in [0.717, 1.165) is 39.7 Å². The normalized spacial score (nSPS) is 13.0. The van der Waals surface area contributed by atoms with Crippen LogP contribution in [0.15, 0.2) is 42.5 Å². The zero-order chi connectivity index (χ0) is 21.1. The van der Waals surface area contributed by atoms with E-state index in [2.05, 4.69) is 12.2 Å². The molecule has 4 rings (SSSR count). The van der Waals surface area contributed by atoms with Gasteiger partial charge in [-0.1, -0.05) is 19.1 Å². The van der Waals surface area contributed by atoms with Crippen molar-refractivity contribution in [1.29, 1.82) is 0 Å². The van der Waals surface area contributed by atoms with Gasteiger partial charge in [0.15, 0.2) is 11.5 Å². The predicted octanol–water partition coefficient (Wildman–Crippen LogP) is 4.98. The first-order valence-corrected chi connectivity index (χ1v) is 10.8. The van der Waals surface area contributed by atoms with Crippen molar-refractivity contribution in [1.82, 2.24) is 9.88 Å². The third-order valence-corrected chi connectivity index (χ3v) is 6.39. The van der Waals surface area contributed by atoms with Crippen LogP contribution in [0.1, 0.15) is 23.1 Å². The quantitative estimate of drug-likeness (QED) is 0.629. The van der Waals surface area contributed by atoms with Gasteiger partial charge in [-0.25, -0.2) is 9.78 Å². The number of carbonyl (C=O) groups is 1. The number of hydrogen-bond acceptors (Lipinski definition) is 5. The van der Waals surface area contributed by atoms with Crippen LogP contribution in [0.3, 0.4) is 0 Å². The minimum atomic E-state index is -0.0778. The van der Waals surface area contributed by atoms with Gasteiger partial charge < -0.3 is 19.7 Å². The van der Waals surface area contributed by atoms with Gasteiger partial charge in [0, 0.05) is 29.1 Å². The number of thiazole rings is 1. The van der Waals surface area contributed by atoms with Crippen molar-refractivity contribution in [3.63, 3.8) is 0 Å². The van der Waals surface area contributed by atoms with Crippen molar-refractivity contribution in [2.45, 2.75) is 26.3 Å². The van der Waals surface area contributed by atoms with Crippen LogP contribution in [-0.4, -0.2) is 36.7 Å². The van der Waals surface area contributed by atoms with Crippen LogP contribution in [0.4, 0.5) is 10.5 Å². The molecule has 0 aliphatic carbocycles. The Bertz CT molecular complexity index is 1050. The molecule has 0 spiro atoms. The Balaban J connectivity index is 1.48. The van der Waals surface area contributed by atoms with E-state index in [-0.39, 0.29) is 6.03 Å². The van der Waals surface area contributed by atoms with E-state index in [0.29, 0.717) is 24.6 Å². The Morgan fingerprint density at radius 2 is 1.90 bits per heavy atom. The van der Waals surface area contributed by atoms with Crippen molar-refractivity contribution in [3.05, 3.63) is 58.6 Å². The number of nitrogens with zero attached hydrogens (tertiary/aromatic N) is 2. The first-order valence-electron chi connectivity index (χ1n) is 9.97. The summed E-state index contributed by atoms with van der Waals surface area (Å²) in [5, 5.41) is 3.93. The number of anilines is 1. The number of ether oxygens (including phenoxy) is 2. The molecular formula is C23H25N3O3S. The van der Waals surface area contributed by atoms with Crippen LogP contribution in [0.2, 0.25) is 0 Å². The number of hydrogen-bond donors (Lipinski definition) is 1. The minimum absolute atomic E-state index is 0.0778. The lowest BCUT2D eigenvalue weighted by atomic mass is 10.1. The summed E-state index contributed by atoms with van der Waals surface area (Å²) in [5.74, 6) is 1.37. The fourth-order valence-corrected chi connectivity index (χ4v) is 4.61. The van der Waals surface area contributed by atoms with Crippen LogP contribution < -0.4 is 14.8 Å². The van der Waals surface area contributed by atoms with Crippen LogP contribution in [0, 0.1) is 0 Å². The summed E-state index contributed by atoms with van der Waals surface area (Å²) >= 11 is 1.62. The van der Waals surface area contributed by atoms with Crippen molar-refractivity contribution < 1.29 is 14.3 Å². The van der Waals surface area contributed by atoms with Gasteiger partial charge in [-0.2, -0.15) is 0 Å². The number of nitrogens with one attached hydrogen (secondary N) is 1. The molecule has 1 aliphatic rings. The van der Waals surface area contributed by atoms with Gasteiger partial charge in [0.1, 0.15) is 5.01 Å². The molecule has 7 heteroatoms. The predicted molar refractivity (Wildman–Crippen MR) is 120 cm³/mol. The van der Waals surface area contributed by atoms with E-state index in [1.807, 2.05) is 47.4 Å². The zero-order valence-electron chi connectivity index (χ0n) is 17.4. The highest BCUT2D eigenvalue weighted by atomic mass is 32.1. The summed E-state index contributed by atoms with van der Waals surface area (Å²) in [6.45, 7) is 3.34. The molecule has 1 N–H and O–H groups in total. The Morgan fingerprint density at radius 1 is 1.13 bits per heavy atom. The Hall–Kier alpha value is -3.06. The highest BCUT2D eigenvalue weighted by molar-refractivity contribution is 7.15. The molecule has 0 radical (unpaired) electrons. The van der Waals surface area contributed by atoms with E-state index in [1.165, 1.54) is 5.56 Å². The number of aryl methyl sites for hydroxylation is 1. The molecule has 1 aromatic heterocycles. The molecule has 2 amide bonds. The standard InChI is InChI=1S/C23H25N3O3S/c1-4-15-5-8-17(9-6-15)24-23(27)26-12-11-18-21(14-26)30-22(25-18)16-7-10-19(28-2)20(13-16)29-3/h5-10,13H,4,11-12,14H2,1-3H3,(H,24,27). The molecule has 0 atom stereocenters. The van der Waals surface area contributed by atoms with Crippen molar-refractivity contribution in [2.75, 3.05) is 26.1 Å². The van der Waals surface area contributed by atoms with Gasteiger partial charge in [-0.05, 0) is 42.3 Å². The summed E-state index contributed by atoms with van der Waals surface area (Å²) < 4.78 is 10.7. The maximum Gasteiger partial charge on any atom is 0.322 e. The second-order valence-electron chi connectivity index (χ2n) is 7.11. The van der Waals surface area contributed by atoms with Gasteiger partial charge in [-0.3, -0.25) is 0 Å². The van der Waals surface area contributed by atoms with Crippen molar-refractivity contribution >= 4 is 23.1 Å². The Morgan fingerprint density at radius 3 is 2.60 bits per heavy atom. The number of methoxy groups -OCH3 is 2. The maximum absolute atomic E-state index is 12.7. The lowest BCUT2D eigenvalue weighted by molar-refractivity contribution is 0.207. The number of benzene rings is 2. The molecule has 2 heterocycles. The Kier molecular flexibility index (Phi) is 5.90. The average molecular weight is 424 g/mol. The molecule has 2 aromatic carbocycles. The minimum Gasteiger partial charge on any atom is -0.493 e. The summed E-state index contributed by atoms with van der Waals surface area (Å²) in [6.07, 6.45) is 1.73. The highest BCUT2D eigenvalue weighted by Crippen LogP contribution is 2.36. The summed E-state index contributed by atoms with van der Waals surface area (Å²) in [7, 11) is 3.25. The number of fused-ring (bicyclic) bond motifs is 1. The van der Waals surface area contributed by atoms with E-state index < -0.39 is 0 Å². The second-order valence-corrected chi connectivity index (χ2v) is 8.19. The molecule has 156 valence electrons. The summed E-state index contributed by atoms with van der Waals surface area (Å²) in [5.41, 5.74) is 4.13. The fraction of sp³-hybridized carbons (Fsp3) is 0.304. The van der Waals surface area contributed by atoms with E-state index in [9.17, 15) is 4.79 Å². The van der Waals surface area contributed by atoms with E-state index in [4.69, 9.17) is 14.5 Å². The largest absolute Gasteiger partial charge is 0.493 e. The molecule has 0 fully saturated rings. The molecule has 30 heavy (non-hydrogen) atoms. The van der Waals surface area contributed by atoms with Gasteiger partial charge in [0.25, 0.3) is 0 Å². The van der Waals surface area contributed by atoms with Crippen LogP contribution >= 0.6 is 11.3 Å². The number of rotatable bonds is 5. The average Bonchev–Trinajstić information content (AvgIpc) is 3.22. The third kappa shape index (κ3) is 4.11. The molecule has 0 saturated carbocycles. The molecule has 6 nitrogen and oxygen atoms in total. The summed E-state index contributed by atoms with van der Waals surface area (Å²) in [6, 6.07) is 13.7. The third-order valence-electron chi connectivity index (χ3n) is 5.26. The fourth-order valence-electron chi connectivity index (χ4n) is 3.49. The van der Waals surface area contributed by atoms with E-state index >= 15 is 0 Å². The Labute approximate surface area is 180 Å². The van der Waals surface area contributed by atoms with Gasteiger partial charge in [0.05, 0.1) is 26.5 Å². The molecule has 1 aliphatic heterocycles. The SMILES string of the molecule is CCc1ccc(NC(=O)N2CCc3nc(-c4ccc(OC)c(OC)c4)sc3C2)cc1. The second kappa shape index (κ2) is 8.75. The number of amides is 2. The number of urea groups is 1. The van der Waals surface area contributed by atoms with Gasteiger partial charge in [0.2, 0.25) is 0 Å². The zero-order valence-corrected chi connectivity index (χ0v) is 18.2. The number of aromatic nitrogens is 1. The van der Waals surface area contributed by atoms with Crippen LogP contribution in [0.5, 0.6) is 11.5 Å². The smallest absolute Gasteiger partial charge is 0.322 e. The van der Waals surface area contributed by atoms with Gasteiger partial charge >= 0.3 is 6.03 Å². The first kappa shape index (κ1) is 20.2.